The lowest BCUT2D eigenvalue weighted by molar-refractivity contribution is 0.563. The lowest BCUT2D eigenvalue weighted by atomic mass is 10.1. The van der Waals surface area contributed by atoms with Gasteiger partial charge in [-0.15, -0.1) is 0 Å². The van der Waals surface area contributed by atoms with Crippen LogP contribution >= 0.6 is 21.8 Å². The van der Waals surface area contributed by atoms with Crippen molar-refractivity contribution in [3.05, 3.63) is 30.6 Å². The summed E-state index contributed by atoms with van der Waals surface area (Å²) in [7, 11) is 3.75. The number of nitrogens with zero attached hydrogens (tertiary/aromatic N) is 2. The molecule has 0 atom stereocenters. The number of unbranched alkanes of at least 4 members (excludes halogenated alkanes) is 9. The van der Waals surface area contributed by atoms with Gasteiger partial charge in [0.05, 0.1) is 11.0 Å². The Balaban J connectivity index is 1.44. The minimum atomic E-state index is 1.08. The fourth-order valence-corrected chi connectivity index (χ4v) is 4.84. The standard InChI is InChI=1S/C19H30N2S2/c1-2-3-4-5-6-7-8-9-10-13-16-22-23-21-17-20-18-14-11-12-15-19(18)21/h11-12,14-15,17H,2-10,13,16H2,1H3. The van der Waals surface area contributed by atoms with Crippen LogP contribution in [0.1, 0.15) is 71.1 Å². The first-order valence-electron chi connectivity index (χ1n) is 9.14. The first-order chi connectivity index (χ1) is 11.4. The van der Waals surface area contributed by atoms with Gasteiger partial charge < -0.3 is 0 Å². The van der Waals surface area contributed by atoms with Crippen LogP contribution in [0, 0.1) is 0 Å². The number of benzene rings is 1. The molecule has 2 rings (SSSR count). The third kappa shape index (κ3) is 7.21. The molecular formula is C19H30N2S2. The number of hydrogen-bond acceptors (Lipinski definition) is 3. The fraction of sp³-hybridized carbons (Fsp3) is 0.632. The van der Waals surface area contributed by atoms with Crippen molar-refractivity contribution in [2.75, 3.05) is 5.75 Å². The summed E-state index contributed by atoms with van der Waals surface area (Å²) in [6.07, 6.45) is 16.0. The summed E-state index contributed by atoms with van der Waals surface area (Å²) in [6, 6.07) is 8.32. The topological polar surface area (TPSA) is 17.8 Å². The van der Waals surface area contributed by atoms with Gasteiger partial charge in [0.15, 0.2) is 0 Å². The van der Waals surface area contributed by atoms with E-state index in [4.69, 9.17) is 0 Å². The van der Waals surface area contributed by atoms with Crippen molar-refractivity contribution in [2.45, 2.75) is 71.1 Å². The Morgan fingerprint density at radius 2 is 1.52 bits per heavy atom. The van der Waals surface area contributed by atoms with Crippen LogP contribution in [0.15, 0.2) is 30.6 Å². The van der Waals surface area contributed by atoms with E-state index in [1.807, 2.05) is 23.2 Å². The third-order valence-corrected chi connectivity index (χ3v) is 6.45. The molecule has 0 radical (unpaired) electrons. The normalized spacial score (nSPS) is 11.3. The Hall–Kier alpha value is -0.610. The van der Waals surface area contributed by atoms with Crippen molar-refractivity contribution in [1.29, 1.82) is 0 Å². The highest BCUT2D eigenvalue weighted by Gasteiger charge is 2.02. The molecule has 0 N–H and O–H groups in total. The van der Waals surface area contributed by atoms with Crippen LogP contribution in [0.25, 0.3) is 11.0 Å². The van der Waals surface area contributed by atoms with Crippen LogP contribution in [-0.4, -0.2) is 14.7 Å². The van der Waals surface area contributed by atoms with Crippen molar-refractivity contribution in [1.82, 2.24) is 8.96 Å². The highest BCUT2D eigenvalue weighted by atomic mass is 33.1. The van der Waals surface area contributed by atoms with E-state index in [1.54, 1.807) is 11.0 Å². The van der Waals surface area contributed by atoms with Crippen LogP contribution in [-0.2, 0) is 0 Å². The maximum Gasteiger partial charge on any atom is 0.107 e. The van der Waals surface area contributed by atoms with Crippen molar-refractivity contribution in [3.63, 3.8) is 0 Å². The Morgan fingerprint density at radius 1 is 0.870 bits per heavy atom. The Kier molecular flexibility index (Phi) is 9.65. The molecule has 1 heterocycles. The summed E-state index contributed by atoms with van der Waals surface area (Å²) in [4.78, 5) is 4.42. The molecule has 0 bridgehead atoms. The highest BCUT2D eigenvalue weighted by Crippen LogP contribution is 2.28. The van der Waals surface area contributed by atoms with E-state index in [0.29, 0.717) is 0 Å². The quantitative estimate of drug-likeness (QED) is 0.283. The van der Waals surface area contributed by atoms with Crippen LogP contribution in [0.4, 0.5) is 0 Å². The van der Waals surface area contributed by atoms with Crippen molar-refractivity contribution >= 4 is 32.8 Å². The molecule has 2 aromatic rings. The van der Waals surface area contributed by atoms with E-state index in [-0.39, 0.29) is 0 Å². The van der Waals surface area contributed by atoms with E-state index < -0.39 is 0 Å². The van der Waals surface area contributed by atoms with Crippen molar-refractivity contribution in [3.8, 4) is 0 Å². The number of aromatic nitrogens is 2. The van der Waals surface area contributed by atoms with Gasteiger partial charge in [-0.25, -0.2) is 4.98 Å². The van der Waals surface area contributed by atoms with Crippen LogP contribution < -0.4 is 0 Å². The second-order valence-electron chi connectivity index (χ2n) is 6.14. The first-order valence-corrected chi connectivity index (χ1v) is 11.4. The average Bonchev–Trinajstić information content (AvgIpc) is 2.99. The SMILES string of the molecule is CCCCCCCCCCCCSSn1cnc2ccccc21. The maximum atomic E-state index is 4.42. The predicted octanol–water partition coefficient (Wildman–Crippen LogP) is 7.10. The lowest BCUT2D eigenvalue weighted by Crippen LogP contribution is -1.84. The minimum absolute atomic E-state index is 1.08. The Labute approximate surface area is 149 Å². The van der Waals surface area contributed by atoms with Gasteiger partial charge in [-0.1, -0.05) is 87.6 Å². The van der Waals surface area contributed by atoms with Crippen LogP contribution in [0.3, 0.4) is 0 Å². The molecule has 0 aliphatic heterocycles. The van der Waals surface area contributed by atoms with Crippen LogP contribution in [0.5, 0.6) is 0 Å². The van der Waals surface area contributed by atoms with Gasteiger partial charge in [0, 0.05) is 16.7 Å². The summed E-state index contributed by atoms with van der Waals surface area (Å²) >= 11 is 0. The molecule has 23 heavy (non-hydrogen) atoms. The maximum absolute atomic E-state index is 4.42. The van der Waals surface area contributed by atoms with Gasteiger partial charge in [-0.2, -0.15) is 0 Å². The highest BCUT2D eigenvalue weighted by molar-refractivity contribution is 8.76. The van der Waals surface area contributed by atoms with Crippen LogP contribution in [0.2, 0.25) is 0 Å². The average molecular weight is 351 g/mol. The molecule has 0 fully saturated rings. The molecule has 0 aliphatic rings. The molecule has 128 valence electrons. The molecule has 1 aromatic heterocycles. The smallest absolute Gasteiger partial charge is 0.107 e. The van der Waals surface area contributed by atoms with E-state index in [9.17, 15) is 0 Å². The monoisotopic (exact) mass is 350 g/mol. The van der Waals surface area contributed by atoms with E-state index in [1.165, 1.54) is 75.5 Å². The number of imidazole rings is 1. The summed E-state index contributed by atoms with van der Waals surface area (Å²) in [5, 5.41) is 0. The molecular weight excluding hydrogens is 320 g/mol. The zero-order valence-electron chi connectivity index (χ0n) is 14.4. The van der Waals surface area contributed by atoms with E-state index in [0.717, 1.165) is 5.52 Å². The Morgan fingerprint density at radius 3 is 2.26 bits per heavy atom. The molecule has 0 saturated heterocycles. The number of para-hydroxylation sites is 2. The lowest BCUT2D eigenvalue weighted by Gasteiger charge is -2.03. The molecule has 0 spiro atoms. The molecule has 0 aliphatic carbocycles. The molecule has 0 amide bonds. The van der Waals surface area contributed by atoms with Gasteiger partial charge in [0.2, 0.25) is 0 Å². The Bertz CT molecular complexity index is 539. The number of fused-ring (bicyclic) bond motifs is 1. The van der Waals surface area contributed by atoms with Gasteiger partial charge in [0.25, 0.3) is 0 Å². The minimum Gasteiger partial charge on any atom is -0.263 e. The molecule has 2 nitrogen and oxygen atoms in total. The van der Waals surface area contributed by atoms with Gasteiger partial charge in [-0.3, -0.25) is 3.97 Å². The number of hydrogen-bond donors (Lipinski definition) is 0. The zero-order valence-corrected chi connectivity index (χ0v) is 16.0. The second kappa shape index (κ2) is 11.9. The summed E-state index contributed by atoms with van der Waals surface area (Å²) in [5.41, 5.74) is 2.30. The van der Waals surface area contributed by atoms with E-state index >= 15 is 0 Å². The van der Waals surface area contributed by atoms with Crippen molar-refractivity contribution < 1.29 is 0 Å². The third-order valence-electron chi connectivity index (χ3n) is 4.14. The number of rotatable bonds is 13. The van der Waals surface area contributed by atoms with Gasteiger partial charge in [0.1, 0.15) is 6.33 Å². The predicted molar refractivity (Wildman–Crippen MR) is 107 cm³/mol. The largest absolute Gasteiger partial charge is 0.263 e. The van der Waals surface area contributed by atoms with Gasteiger partial charge >= 0.3 is 0 Å². The summed E-state index contributed by atoms with van der Waals surface area (Å²) in [6.45, 7) is 2.28. The summed E-state index contributed by atoms with van der Waals surface area (Å²) < 4.78 is 2.18. The molecule has 0 saturated carbocycles. The second-order valence-corrected chi connectivity index (χ2v) is 8.48. The first kappa shape index (κ1) is 18.7. The van der Waals surface area contributed by atoms with Gasteiger partial charge in [-0.05, 0) is 18.6 Å². The molecule has 4 heteroatoms. The fourth-order valence-electron chi connectivity index (χ4n) is 2.74. The zero-order chi connectivity index (χ0) is 16.2. The molecule has 1 aromatic carbocycles. The summed E-state index contributed by atoms with van der Waals surface area (Å²) in [5.74, 6) is 1.23. The van der Waals surface area contributed by atoms with Crippen molar-refractivity contribution in [2.24, 2.45) is 0 Å². The molecule has 0 unspecified atom stereocenters. The van der Waals surface area contributed by atoms with E-state index in [2.05, 4.69) is 34.1 Å².